The van der Waals surface area contributed by atoms with Crippen molar-refractivity contribution in [3.8, 4) is 5.75 Å². The fourth-order valence-electron chi connectivity index (χ4n) is 4.06. The number of ether oxygens (including phenoxy) is 1. The molecule has 1 aromatic rings. The van der Waals surface area contributed by atoms with Crippen molar-refractivity contribution in [1.29, 1.82) is 0 Å². The van der Waals surface area contributed by atoms with E-state index in [2.05, 4.69) is 10.6 Å². The average Bonchev–Trinajstić information content (AvgIpc) is 2.66. The van der Waals surface area contributed by atoms with Crippen molar-refractivity contribution in [1.82, 2.24) is 10.6 Å². The maximum atomic E-state index is 11.9. The van der Waals surface area contributed by atoms with Gasteiger partial charge in [0.05, 0.1) is 17.5 Å². The number of unbranched alkanes of at least 4 members (excludes halogenated alkanes) is 1. The molecular weight excluding hydrogens is 380 g/mol. The molecule has 0 bridgehead atoms. The summed E-state index contributed by atoms with van der Waals surface area (Å²) in [6, 6.07) is 4.69. The molecule has 1 saturated heterocycles. The number of benzene rings is 1. The zero-order valence-electron chi connectivity index (χ0n) is 16.1. The summed E-state index contributed by atoms with van der Waals surface area (Å²) in [5, 5.41) is 14.9. The van der Waals surface area contributed by atoms with E-state index in [0.717, 1.165) is 17.9 Å². The first-order valence-corrected chi connectivity index (χ1v) is 10.6. The topological polar surface area (TPSA) is 87.7 Å². The van der Waals surface area contributed by atoms with Crippen molar-refractivity contribution in [2.45, 2.75) is 64.0 Å². The van der Waals surface area contributed by atoms with Gasteiger partial charge in [-0.25, -0.2) is 4.79 Å². The van der Waals surface area contributed by atoms with Gasteiger partial charge < -0.3 is 15.2 Å². The van der Waals surface area contributed by atoms with Crippen LogP contribution in [0.25, 0.3) is 0 Å². The summed E-state index contributed by atoms with van der Waals surface area (Å²) in [6.07, 6.45) is 9.48. The average molecular weight is 409 g/mol. The Morgan fingerprint density at radius 2 is 1.93 bits per heavy atom. The number of aliphatic hydroxyl groups is 1. The van der Waals surface area contributed by atoms with Crippen LogP contribution >= 0.6 is 11.6 Å². The summed E-state index contributed by atoms with van der Waals surface area (Å²) in [4.78, 5) is 23.1. The predicted octanol–water partition coefficient (Wildman–Crippen LogP) is 3.79. The van der Waals surface area contributed by atoms with Gasteiger partial charge in [-0.1, -0.05) is 56.2 Å². The third-order valence-electron chi connectivity index (χ3n) is 5.67. The molecule has 7 heteroatoms. The number of carbonyl (C=O) groups excluding carboxylic acids is 2. The van der Waals surface area contributed by atoms with Crippen molar-refractivity contribution in [3.63, 3.8) is 0 Å². The molecule has 3 amide bonds. The minimum atomic E-state index is -1.21. The Morgan fingerprint density at radius 3 is 2.64 bits per heavy atom. The summed E-state index contributed by atoms with van der Waals surface area (Å²) < 4.78 is 5.81. The predicted molar refractivity (Wildman–Crippen MR) is 107 cm³/mol. The van der Waals surface area contributed by atoms with Gasteiger partial charge in [0, 0.05) is 0 Å². The molecule has 2 unspecified atom stereocenters. The van der Waals surface area contributed by atoms with Gasteiger partial charge in [-0.3, -0.25) is 10.1 Å². The van der Waals surface area contributed by atoms with Crippen molar-refractivity contribution < 1.29 is 19.4 Å². The summed E-state index contributed by atoms with van der Waals surface area (Å²) in [5.74, 6) is 0.282. The van der Waals surface area contributed by atoms with Gasteiger partial charge in [-0.05, 0) is 42.9 Å². The Morgan fingerprint density at radius 1 is 1.14 bits per heavy atom. The summed E-state index contributed by atoms with van der Waals surface area (Å²) >= 11 is 6.32. The molecule has 3 rings (SSSR count). The van der Waals surface area contributed by atoms with Crippen LogP contribution in [0.2, 0.25) is 5.02 Å². The summed E-state index contributed by atoms with van der Waals surface area (Å²) in [7, 11) is 0. The minimum absolute atomic E-state index is 0.272. The second-order valence-electron chi connectivity index (χ2n) is 7.83. The quantitative estimate of drug-likeness (QED) is 0.571. The number of hydrogen-bond donors (Lipinski definition) is 3. The number of imide groups is 1. The van der Waals surface area contributed by atoms with Crippen LogP contribution in [0.1, 0.15) is 56.9 Å². The van der Waals surface area contributed by atoms with E-state index in [1.807, 2.05) is 6.07 Å². The lowest BCUT2D eigenvalue weighted by Crippen LogP contribution is -2.58. The number of amides is 3. The molecule has 3 N–H and O–H groups in total. The molecular formula is C21H29ClN2O4. The van der Waals surface area contributed by atoms with E-state index >= 15 is 0 Å². The lowest BCUT2D eigenvalue weighted by Gasteiger charge is -2.27. The van der Waals surface area contributed by atoms with Crippen molar-refractivity contribution >= 4 is 23.5 Å². The minimum Gasteiger partial charge on any atom is -0.492 e. The Kier molecular flexibility index (Phi) is 7.57. The normalized spacial score (nSPS) is 23.2. The molecule has 0 radical (unpaired) electrons. The lowest BCUT2D eigenvalue weighted by atomic mass is 9.86. The molecule has 1 aliphatic carbocycles. The van der Waals surface area contributed by atoms with Crippen molar-refractivity contribution in [2.75, 3.05) is 6.61 Å². The first kappa shape index (κ1) is 20.9. The highest BCUT2D eigenvalue weighted by atomic mass is 35.5. The van der Waals surface area contributed by atoms with Crippen LogP contribution < -0.4 is 15.4 Å². The van der Waals surface area contributed by atoms with E-state index in [4.69, 9.17) is 16.3 Å². The molecule has 1 heterocycles. The maximum absolute atomic E-state index is 11.9. The molecule has 154 valence electrons. The molecule has 1 saturated carbocycles. The highest BCUT2D eigenvalue weighted by Crippen LogP contribution is 2.29. The van der Waals surface area contributed by atoms with Crippen LogP contribution in [0.15, 0.2) is 18.2 Å². The van der Waals surface area contributed by atoms with Gasteiger partial charge in [-0.2, -0.15) is 0 Å². The van der Waals surface area contributed by atoms with Gasteiger partial charge in [-0.15, -0.1) is 0 Å². The Labute approximate surface area is 171 Å². The smallest absolute Gasteiger partial charge is 0.323 e. The van der Waals surface area contributed by atoms with Gasteiger partial charge in [0.2, 0.25) is 5.91 Å². The second-order valence-corrected chi connectivity index (χ2v) is 8.24. The number of hydrogen-bond acceptors (Lipinski definition) is 4. The van der Waals surface area contributed by atoms with Crippen LogP contribution in [0, 0.1) is 11.8 Å². The molecule has 0 aromatic heterocycles. The number of urea groups is 1. The van der Waals surface area contributed by atoms with Crippen molar-refractivity contribution in [3.05, 3.63) is 28.8 Å². The zero-order valence-corrected chi connectivity index (χ0v) is 16.8. The fraction of sp³-hybridized carbons (Fsp3) is 0.619. The number of carbonyl (C=O) groups is 2. The second kappa shape index (κ2) is 10.1. The first-order chi connectivity index (χ1) is 13.5. The standard InChI is InChI=1S/C21H29ClN2O4/c22-17-13-15(12-16-19(25)23-21(27)24-20(16)26)9-10-18(17)28-11-5-4-8-14-6-2-1-3-7-14/h9-10,13-14,16,19,25H,1-8,11-12H2,(H2,23,24,26,27). The Hall–Kier alpha value is -1.79. The number of halogens is 1. The van der Waals surface area contributed by atoms with Gasteiger partial charge in [0.25, 0.3) is 0 Å². The van der Waals surface area contributed by atoms with Crippen LogP contribution in [0.4, 0.5) is 4.79 Å². The summed E-state index contributed by atoms with van der Waals surface area (Å²) in [5.41, 5.74) is 0.796. The summed E-state index contributed by atoms with van der Waals surface area (Å²) in [6.45, 7) is 0.640. The number of rotatable bonds is 8. The van der Waals surface area contributed by atoms with Gasteiger partial charge in [0.15, 0.2) is 0 Å². The molecule has 28 heavy (non-hydrogen) atoms. The lowest BCUT2D eigenvalue weighted by molar-refractivity contribution is -0.129. The van der Waals surface area contributed by atoms with Crippen LogP contribution in [-0.4, -0.2) is 29.9 Å². The van der Waals surface area contributed by atoms with E-state index in [9.17, 15) is 14.7 Å². The molecule has 1 aromatic carbocycles. The van der Waals surface area contributed by atoms with E-state index < -0.39 is 24.1 Å². The van der Waals surface area contributed by atoms with Crippen LogP contribution in [0.5, 0.6) is 5.75 Å². The SMILES string of the molecule is O=C1NC(=O)C(Cc2ccc(OCCCCC3CCCCC3)c(Cl)c2)C(O)N1. The fourth-order valence-corrected chi connectivity index (χ4v) is 4.32. The van der Waals surface area contributed by atoms with E-state index in [1.165, 1.54) is 44.9 Å². The van der Waals surface area contributed by atoms with E-state index in [0.29, 0.717) is 17.4 Å². The zero-order chi connectivity index (χ0) is 19.9. The molecule has 1 aliphatic heterocycles. The molecule has 0 spiro atoms. The van der Waals surface area contributed by atoms with Crippen LogP contribution in [0.3, 0.4) is 0 Å². The molecule has 2 fully saturated rings. The number of nitrogens with one attached hydrogen (secondary N) is 2. The third-order valence-corrected chi connectivity index (χ3v) is 5.97. The molecule has 2 atom stereocenters. The Balaban J connectivity index is 1.43. The van der Waals surface area contributed by atoms with E-state index in [1.54, 1.807) is 12.1 Å². The van der Waals surface area contributed by atoms with Gasteiger partial charge >= 0.3 is 6.03 Å². The maximum Gasteiger partial charge on any atom is 0.323 e. The first-order valence-electron chi connectivity index (χ1n) is 10.2. The third kappa shape index (κ3) is 5.85. The van der Waals surface area contributed by atoms with E-state index in [-0.39, 0.29) is 6.42 Å². The van der Waals surface area contributed by atoms with Crippen molar-refractivity contribution in [2.24, 2.45) is 11.8 Å². The highest BCUT2D eigenvalue weighted by Gasteiger charge is 2.34. The Bertz CT molecular complexity index is 691. The number of aliphatic hydroxyl groups excluding tert-OH is 1. The molecule has 2 aliphatic rings. The van der Waals surface area contributed by atoms with Gasteiger partial charge in [0.1, 0.15) is 12.0 Å². The molecule has 6 nitrogen and oxygen atoms in total. The monoisotopic (exact) mass is 408 g/mol. The largest absolute Gasteiger partial charge is 0.492 e. The highest BCUT2D eigenvalue weighted by molar-refractivity contribution is 6.32. The van der Waals surface area contributed by atoms with Crippen LogP contribution in [-0.2, 0) is 11.2 Å².